The highest BCUT2D eigenvalue weighted by Gasteiger charge is 2.16. The van der Waals surface area contributed by atoms with Gasteiger partial charge >= 0.3 is 5.97 Å². The Morgan fingerprint density at radius 2 is 1.95 bits per heavy atom. The molecule has 20 heavy (non-hydrogen) atoms. The summed E-state index contributed by atoms with van der Waals surface area (Å²) in [7, 11) is -3.24. The number of rotatable bonds is 4. The highest BCUT2D eigenvalue weighted by atomic mass is 32.2. The maximum Gasteiger partial charge on any atom is 0.356 e. The van der Waals surface area contributed by atoms with E-state index >= 15 is 0 Å². The SMILES string of the molecule is CCOC(=O)c1[nH]ncc1-c1ccc(S(C)(=O)=O)cc1. The third-order valence-corrected chi connectivity index (χ3v) is 3.84. The predicted molar refractivity (Wildman–Crippen MR) is 73.1 cm³/mol. The minimum atomic E-state index is -3.24. The molecule has 1 heterocycles. The molecule has 7 heteroatoms. The number of hydrogen-bond acceptors (Lipinski definition) is 5. The first-order valence-corrected chi connectivity index (χ1v) is 7.83. The molecule has 0 aliphatic rings. The van der Waals surface area contributed by atoms with Crippen molar-refractivity contribution in [1.29, 1.82) is 0 Å². The zero-order valence-electron chi connectivity index (χ0n) is 11.1. The van der Waals surface area contributed by atoms with Crippen molar-refractivity contribution >= 4 is 15.8 Å². The van der Waals surface area contributed by atoms with Gasteiger partial charge in [0.25, 0.3) is 0 Å². The van der Waals surface area contributed by atoms with Gasteiger partial charge in [-0.05, 0) is 24.6 Å². The van der Waals surface area contributed by atoms with E-state index in [0.29, 0.717) is 11.1 Å². The van der Waals surface area contributed by atoms with E-state index < -0.39 is 15.8 Å². The molecule has 1 N–H and O–H groups in total. The van der Waals surface area contributed by atoms with Crippen LogP contribution < -0.4 is 0 Å². The van der Waals surface area contributed by atoms with Crippen LogP contribution in [0, 0.1) is 0 Å². The highest BCUT2D eigenvalue weighted by molar-refractivity contribution is 7.90. The molecule has 106 valence electrons. The van der Waals surface area contributed by atoms with E-state index in [0.717, 1.165) is 6.26 Å². The quantitative estimate of drug-likeness (QED) is 0.866. The van der Waals surface area contributed by atoms with Crippen LogP contribution in [0.1, 0.15) is 17.4 Å². The summed E-state index contributed by atoms with van der Waals surface area (Å²) in [6.45, 7) is 1.99. The standard InChI is InChI=1S/C13H14N2O4S/c1-3-19-13(16)12-11(8-14-15-12)9-4-6-10(7-5-9)20(2,17)18/h4-8H,3H2,1-2H3,(H,14,15). The first kappa shape index (κ1) is 14.3. The normalized spacial score (nSPS) is 11.3. The van der Waals surface area contributed by atoms with E-state index in [-0.39, 0.29) is 17.2 Å². The van der Waals surface area contributed by atoms with Gasteiger partial charge in [0.15, 0.2) is 15.5 Å². The Labute approximate surface area is 116 Å². The molecule has 0 radical (unpaired) electrons. The van der Waals surface area contributed by atoms with Crippen molar-refractivity contribution in [3.63, 3.8) is 0 Å². The molecule has 0 spiro atoms. The molecule has 0 aliphatic carbocycles. The first-order valence-electron chi connectivity index (χ1n) is 5.94. The number of carbonyl (C=O) groups excluding carboxylic acids is 1. The van der Waals surface area contributed by atoms with Gasteiger partial charge in [-0.1, -0.05) is 12.1 Å². The summed E-state index contributed by atoms with van der Waals surface area (Å²) in [6.07, 6.45) is 2.64. The van der Waals surface area contributed by atoms with Gasteiger partial charge in [-0.2, -0.15) is 5.10 Å². The minimum Gasteiger partial charge on any atom is -0.461 e. The number of benzene rings is 1. The van der Waals surface area contributed by atoms with Crippen molar-refractivity contribution in [2.24, 2.45) is 0 Å². The molecular weight excluding hydrogens is 280 g/mol. The van der Waals surface area contributed by atoms with Crippen LogP contribution in [-0.4, -0.2) is 37.4 Å². The second-order valence-corrected chi connectivity index (χ2v) is 6.19. The van der Waals surface area contributed by atoms with Crippen LogP contribution >= 0.6 is 0 Å². The largest absolute Gasteiger partial charge is 0.461 e. The summed E-state index contributed by atoms with van der Waals surface area (Å²) >= 11 is 0. The number of aromatic amines is 1. The third-order valence-electron chi connectivity index (χ3n) is 2.71. The van der Waals surface area contributed by atoms with Gasteiger partial charge in [-0.25, -0.2) is 13.2 Å². The number of nitrogens with one attached hydrogen (secondary N) is 1. The fraction of sp³-hybridized carbons (Fsp3) is 0.231. The number of ether oxygens (including phenoxy) is 1. The van der Waals surface area contributed by atoms with E-state index in [1.165, 1.54) is 18.3 Å². The molecule has 2 aromatic rings. The lowest BCUT2D eigenvalue weighted by Gasteiger charge is -2.04. The van der Waals surface area contributed by atoms with Crippen LogP contribution in [0.3, 0.4) is 0 Å². The van der Waals surface area contributed by atoms with Gasteiger partial charge in [0.2, 0.25) is 0 Å². The van der Waals surface area contributed by atoms with Gasteiger partial charge < -0.3 is 4.74 Å². The summed E-state index contributed by atoms with van der Waals surface area (Å²) in [5.41, 5.74) is 1.51. The third kappa shape index (κ3) is 2.88. The molecule has 2 rings (SSSR count). The Balaban J connectivity index is 2.38. The number of H-pyrrole nitrogens is 1. The van der Waals surface area contributed by atoms with E-state index in [9.17, 15) is 13.2 Å². The lowest BCUT2D eigenvalue weighted by Crippen LogP contribution is -2.06. The van der Waals surface area contributed by atoms with Gasteiger partial charge in [0.05, 0.1) is 17.7 Å². The Bertz CT molecular complexity index is 717. The highest BCUT2D eigenvalue weighted by Crippen LogP contribution is 2.24. The van der Waals surface area contributed by atoms with E-state index in [1.807, 2.05) is 0 Å². The molecule has 0 saturated carbocycles. The molecule has 0 aliphatic heterocycles. The molecular formula is C13H14N2O4S. The van der Waals surface area contributed by atoms with Crippen molar-refractivity contribution in [1.82, 2.24) is 10.2 Å². The van der Waals surface area contributed by atoms with Crippen LogP contribution in [0.25, 0.3) is 11.1 Å². The van der Waals surface area contributed by atoms with Crippen molar-refractivity contribution in [3.8, 4) is 11.1 Å². The molecule has 0 saturated heterocycles. The Morgan fingerprint density at radius 1 is 1.30 bits per heavy atom. The summed E-state index contributed by atoms with van der Waals surface area (Å²) in [5.74, 6) is -0.493. The van der Waals surface area contributed by atoms with E-state index in [1.54, 1.807) is 19.1 Å². The molecule has 0 unspecified atom stereocenters. The van der Waals surface area contributed by atoms with Crippen molar-refractivity contribution < 1.29 is 17.9 Å². The fourth-order valence-corrected chi connectivity index (χ4v) is 2.38. The number of sulfone groups is 1. The van der Waals surface area contributed by atoms with Crippen LogP contribution in [0.2, 0.25) is 0 Å². The van der Waals surface area contributed by atoms with Gasteiger partial charge in [0.1, 0.15) is 0 Å². The molecule has 1 aromatic heterocycles. The topological polar surface area (TPSA) is 89.1 Å². The second-order valence-electron chi connectivity index (χ2n) is 4.18. The van der Waals surface area contributed by atoms with Crippen LogP contribution in [0.4, 0.5) is 0 Å². The van der Waals surface area contributed by atoms with Gasteiger partial charge in [-0.15, -0.1) is 0 Å². The van der Waals surface area contributed by atoms with Crippen LogP contribution in [0.15, 0.2) is 35.4 Å². The first-order chi connectivity index (χ1) is 9.43. The zero-order chi connectivity index (χ0) is 14.8. The lowest BCUT2D eigenvalue weighted by atomic mass is 10.1. The Kier molecular flexibility index (Phi) is 3.89. The lowest BCUT2D eigenvalue weighted by molar-refractivity contribution is 0.0520. The number of aromatic nitrogens is 2. The number of hydrogen-bond donors (Lipinski definition) is 1. The molecule has 1 aromatic carbocycles. The monoisotopic (exact) mass is 294 g/mol. The average Bonchev–Trinajstić information content (AvgIpc) is 2.87. The van der Waals surface area contributed by atoms with Gasteiger partial charge in [0, 0.05) is 11.8 Å². The van der Waals surface area contributed by atoms with Crippen molar-refractivity contribution in [2.45, 2.75) is 11.8 Å². The van der Waals surface area contributed by atoms with Gasteiger partial charge in [-0.3, -0.25) is 5.10 Å². The smallest absolute Gasteiger partial charge is 0.356 e. The maximum absolute atomic E-state index is 11.7. The van der Waals surface area contributed by atoms with Crippen LogP contribution in [-0.2, 0) is 14.6 Å². The Hall–Kier alpha value is -2.15. The minimum absolute atomic E-state index is 0.224. The molecule has 0 fully saturated rings. The molecule has 0 bridgehead atoms. The molecule has 0 amide bonds. The zero-order valence-corrected chi connectivity index (χ0v) is 11.9. The van der Waals surface area contributed by atoms with Crippen molar-refractivity contribution in [2.75, 3.05) is 12.9 Å². The number of nitrogens with zero attached hydrogens (tertiary/aromatic N) is 1. The molecule has 0 atom stereocenters. The molecule has 6 nitrogen and oxygen atoms in total. The predicted octanol–water partition coefficient (Wildman–Crippen LogP) is 1.66. The fourth-order valence-electron chi connectivity index (χ4n) is 1.75. The van der Waals surface area contributed by atoms with Crippen LogP contribution in [0.5, 0.6) is 0 Å². The summed E-state index contributed by atoms with van der Waals surface area (Å²) in [4.78, 5) is 12.0. The van der Waals surface area contributed by atoms with E-state index in [2.05, 4.69) is 10.2 Å². The summed E-state index contributed by atoms with van der Waals surface area (Å²) < 4.78 is 27.7. The van der Waals surface area contributed by atoms with E-state index in [4.69, 9.17) is 4.74 Å². The summed E-state index contributed by atoms with van der Waals surface area (Å²) in [6, 6.07) is 6.24. The number of carbonyl (C=O) groups is 1. The average molecular weight is 294 g/mol. The second kappa shape index (κ2) is 5.46. The number of esters is 1. The summed E-state index contributed by atoms with van der Waals surface area (Å²) in [5, 5.41) is 6.42. The Morgan fingerprint density at radius 3 is 2.50 bits per heavy atom. The van der Waals surface area contributed by atoms with Crippen molar-refractivity contribution in [3.05, 3.63) is 36.2 Å². The maximum atomic E-state index is 11.7.